The summed E-state index contributed by atoms with van der Waals surface area (Å²) >= 11 is 1.61. The maximum atomic E-state index is 8.77. The lowest BCUT2D eigenvalue weighted by Crippen LogP contribution is -1.94. The van der Waals surface area contributed by atoms with E-state index in [-0.39, 0.29) is 6.61 Å². The monoisotopic (exact) mass is 228 g/mol. The molecule has 0 fully saturated rings. The minimum Gasteiger partial charge on any atom is -0.493 e. The molecule has 0 amide bonds. The van der Waals surface area contributed by atoms with Crippen LogP contribution in [0.3, 0.4) is 0 Å². The van der Waals surface area contributed by atoms with E-state index >= 15 is 0 Å². The van der Waals surface area contributed by atoms with Gasteiger partial charge in [0.15, 0.2) is 11.5 Å². The highest BCUT2D eigenvalue weighted by Crippen LogP contribution is 2.34. The molecule has 0 aliphatic heterocycles. The summed E-state index contributed by atoms with van der Waals surface area (Å²) in [5, 5.41) is 8.77. The predicted octanol–water partition coefficient (Wildman–Crippen LogP) is 2.10. The molecule has 4 heteroatoms. The van der Waals surface area contributed by atoms with Crippen molar-refractivity contribution in [3.05, 3.63) is 17.7 Å². The highest BCUT2D eigenvalue weighted by atomic mass is 32.2. The van der Waals surface area contributed by atoms with Crippen LogP contribution in [0, 0.1) is 6.92 Å². The fourth-order valence-corrected chi connectivity index (χ4v) is 2.06. The number of aryl methyl sites for hydroxylation is 1. The van der Waals surface area contributed by atoms with Gasteiger partial charge >= 0.3 is 0 Å². The van der Waals surface area contributed by atoms with Crippen molar-refractivity contribution in [1.29, 1.82) is 0 Å². The molecule has 0 saturated heterocycles. The molecule has 3 nitrogen and oxygen atoms in total. The van der Waals surface area contributed by atoms with Gasteiger partial charge in [0.05, 0.1) is 20.8 Å². The molecule has 0 aliphatic carbocycles. The number of hydrogen-bond donors (Lipinski definition) is 1. The average molecular weight is 228 g/mol. The van der Waals surface area contributed by atoms with Crippen LogP contribution in [0.1, 0.15) is 5.56 Å². The summed E-state index contributed by atoms with van der Waals surface area (Å²) in [5.41, 5.74) is 1.13. The van der Waals surface area contributed by atoms with Crippen molar-refractivity contribution in [3.63, 3.8) is 0 Å². The molecule has 0 aromatic heterocycles. The quantitative estimate of drug-likeness (QED) is 0.783. The van der Waals surface area contributed by atoms with E-state index in [1.54, 1.807) is 26.0 Å². The lowest BCUT2D eigenvalue weighted by atomic mass is 10.2. The number of hydrogen-bond acceptors (Lipinski definition) is 4. The predicted molar refractivity (Wildman–Crippen MR) is 62.1 cm³/mol. The van der Waals surface area contributed by atoms with Crippen LogP contribution in [-0.2, 0) is 0 Å². The van der Waals surface area contributed by atoms with Gasteiger partial charge in [0.1, 0.15) is 0 Å². The molecular weight excluding hydrogens is 212 g/mol. The number of benzene rings is 1. The van der Waals surface area contributed by atoms with E-state index in [0.717, 1.165) is 22.0 Å². The Morgan fingerprint density at radius 2 is 1.80 bits per heavy atom. The van der Waals surface area contributed by atoms with E-state index in [1.165, 1.54) is 0 Å². The standard InChI is InChI=1S/C11H16O3S/c1-8-6-9(13-2)10(14-3)7-11(8)15-5-4-12/h6-7,12H,4-5H2,1-3H3. The Morgan fingerprint density at radius 1 is 1.20 bits per heavy atom. The zero-order chi connectivity index (χ0) is 11.3. The van der Waals surface area contributed by atoms with Crippen molar-refractivity contribution in [2.45, 2.75) is 11.8 Å². The summed E-state index contributed by atoms with van der Waals surface area (Å²) in [6, 6.07) is 3.88. The van der Waals surface area contributed by atoms with Gasteiger partial charge < -0.3 is 14.6 Å². The van der Waals surface area contributed by atoms with E-state index in [2.05, 4.69) is 0 Å². The summed E-state index contributed by atoms with van der Waals surface area (Å²) in [5.74, 6) is 2.16. The molecule has 0 aliphatic rings. The molecule has 0 heterocycles. The Hall–Kier alpha value is -0.870. The van der Waals surface area contributed by atoms with E-state index in [0.29, 0.717) is 5.75 Å². The van der Waals surface area contributed by atoms with Gasteiger partial charge in [-0.2, -0.15) is 0 Å². The zero-order valence-electron chi connectivity index (χ0n) is 9.24. The number of aliphatic hydroxyl groups is 1. The van der Waals surface area contributed by atoms with Crippen LogP contribution < -0.4 is 9.47 Å². The lowest BCUT2D eigenvalue weighted by Gasteiger charge is -2.11. The van der Waals surface area contributed by atoms with Gasteiger partial charge in [0.2, 0.25) is 0 Å². The fourth-order valence-electron chi connectivity index (χ4n) is 1.27. The van der Waals surface area contributed by atoms with Crippen LogP contribution >= 0.6 is 11.8 Å². The Kier molecular flexibility index (Phi) is 4.78. The first kappa shape index (κ1) is 12.2. The summed E-state index contributed by atoms with van der Waals surface area (Å²) in [6.07, 6.45) is 0. The van der Waals surface area contributed by atoms with E-state index in [1.807, 2.05) is 19.1 Å². The van der Waals surface area contributed by atoms with Crippen LogP contribution in [-0.4, -0.2) is 31.7 Å². The Balaban J connectivity index is 2.97. The van der Waals surface area contributed by atoms with Crippen molar-refractivity contribution < 1.29 is 14.6 Å². The maximum Gasteiger partial charge on any atom is 0.161 e. The second-order valence-corrected chi connectivity index (χ2v) is 4.18. The molecule has 1 rings (SSSR count). The smallest absolute Gasteiger partial charge is 0.161 e. The largest absolute Gasteiger partial charge is 0.493 e. The lowest BCUT2D eigenvalue weighted by molar-refractivity contribution is 0.322. The Labute approximate surface area is 94.4 Å². The minimum atomic E-state index is 0.179. The average Bonchev–Trinajstić information content (AvgIpc) is 2.27. The Morgan fingerprint density at radius 3 is 2.33 bits per heavy atom. The summed E-state index contributed by atoms with van der Waals surface area (Å²) in [4.78, 5) is 1.11. The molecule has 0 bridgehead atoms. The first-order valence-corrected chi connectivity index (χ1v) is 5.67. The Bertz CT molecular complexity index is 326. The number of ether oxygens (including phenoxy) is 2. The van der Waals surface area contributed by atoms with Gasteiger partial charge in [-0.15, -0.1) is 11.8 Å². The van der Waals surface area contributed by atoms with Gasteiger partial charge in [-0.3, -0.25) is 0 Å². The molecule has 0 saturated carbocycles. The normalized spacial score (nSPS) is 10.1. The summed E-state index contributed by atoms with van der Waals surface area (Å²) < 4.78 is 10.4. The molecule has 1 N–H and O–H groups in total. The van der Waals surface area contributed by atoms with Crippen LogP contribution in [0.15, 0.2) is 17.0 Å². The first-order chi connectivity index (χ1) is 7.22. The molecule has 0 unspecified atom stereocenters. The van der Waals surface area contributed by atoms with Crippen molar-refractivity contribution in [1.82, 2.24) is 0 Å². The number of methoxy groups -OCH3 is 2. The third-order valence-electron chi connectivity index (χ3n) is 2.03. The number of thioether (sulfide) groups is 1. The highest BCUT2D eigenvalue weighted by Gasteiger charge is 2.08. The van der Waals surface area contributed by atoms with Gasteiger partial charge in [0, 0.05) is 10.6 Å². The molecule has 15 heavy (non-hydrogen) atoms. The topological polar surface area (TPSA) is 38.7 Å². The third-order valence-corrected chi connectivity index (χ3v) is 3.17. The van der Waals surface area contributed by atoms with Crippen LogP contribution in [0.25, 0.3) is 0 Å². The van der Waals surface area contributed by atoms with E-state index in [4.69, 9.17) is 14.6 Å². The van der Waals surface area contributed by atoms with Gasteiger partial charge in [0.25, 0.3) is 0 Å². The van der Waals surface area contributed by atoms with Crippen molar-refractivity contribution in [2.75, 3.05) is 26.6 Å². The van der Waals surface area contributed by atoms with Crippen LogP contribution in [0.5, 0.6) is 11.5 Å². The van der Waals surface area contributed by atoms with Gasteiger partial charge in [-0.05, 0) is 24.6 Å². The first-order valence-electron chi connectivity index (χ1n) is 4.69. The van der Waals surface area contributed by atoms with Gasteiger partial charge in [-0.25, -0.2) is 0 Å². The molecular formula is C11H16O3S. The van der Waals surface area contributed by atoms with Gasteiger partial charge in [-0.1, -0.05) is 0 Å². The zero-order valence-corrected chi connectivity index (χ0v) is 10.1. The molecule has 1 aromatic carbocycles. The summed E-state index contributed by atoms with van der Waals surface area (Å²) in [7, 11) is 3.24. The highest BCUT2D eigenvalue weighted by molar-refractivity contribution is 7.99. The second kappa shape index (κ2) is 5.88. The second-order valence-electron chi connectivity index (χ2n) is 3.04. The van der Waals surface area contributed by atoms with E-state index < -0.39 is 0 Å². The molecule has 0 atom stereocenters. The number of rotatable bonds is 5. The minimum absolute atomic E-state index is 0.179. The third kappa shape index (κ3) is 3.04. The van der Waals surface area contributed by atoms with Crippen molar-refractivity contribution in [3.8, 4) is 11.5 Å². The summed E-state index contributed by atoms with van der Waals surface area (Å²) in [6.45, 7) is 2.19. The molecule has 0 radical (unpaired) electrons. The molecule has 1 aromatic rings. The van der Waals surface area contributed by atoms with Crippen LogP contribution in [0.4, 0.5) is 0 Å². The molecule has 0 spiro atoms. The van der Waals surface area contributed by atoms with E-state index in [9.17, 15) is 0 Å². The van der Waals surface area contributed by atoms with Crippen LogP contribution in [0.2, 0.25) is 0 Å². The van der Waals surface area contributed by atoms with Crippen molar-refractivity contribution in [2.24, 2.45) is 0 Å². The SMILES string of the molecule is COc1cc(C)c(SCCO)cc1OC. The molecule has 84 valence electrons. The fraction of sp³-hybridized carbons (Fsp3) is 0.455. The maximum absolute atomic E-state index is 8.77. The van der Waals surface area contributed by atoms with Crippen molar-refractivity contribution >= 4 is 11.8 Å². The number of aliphatic hydroxyl groups excluding tert-OH is 1.